The quantitative estimate of drug-likeness (QED) is 0.535. The molecule has 1 aromatic heterocycles. The van der Waals surface area contributed by atoms with Gasteiger partial charge in [-0.15, -0.1) is 47.0 Å². The molecule has 0 radical (unpaired) electrons. The predicted octanol–water partition coefficient (Wildman–Crippen LogP) is 4.68. The van der Waals surface area contributed by atoms with Crippen LogP contribution in [0.3, 0.4) is 0 Å². The lowest BCUT2D eigenvalue weighted by atomic mass is 10.0. The average Bonchev–Trinajstić information content (AvgIpc) is 3.64. The van der Waals surface area contributed by atoms with Crippen LogP contribution in [0.15, 0.2) is 24.4 Å². The lowest BCUT2D eigenvalue weighted by Crippen LogP contribution is -2.31. The summed E-state index contributed by atoms with van der Waals surface area (Å²) in [4.78, 5) is 37.0. The number of hydrogen-bond donors (Lipinski definition) is 1. The van der Waals surface area contributed by atoms with Gasteiger partial charge in [0.15, 0.2) is 5.69 Å². The Kier molecular flexibility index (Phi) is 6.96. The Morgan fingerprint density at radius 1 is 0.972 bits per heavy atom. The molecule has 194 valence electrons. The molecule has 4 aliphatic rings. The summed E-state index contributed by atoms with van der Waals surface area (Å²) in [5.41, 5.74) is -0.923. The van der Waals surface area contributed by atoms with E-state index in [1.807, 2.05) is 30.4 Å². The van der Waals surface area contributed by atoms with E-state index in [1.54, 1.807) is 37.5 Å². The number of carbonyl (C=O) groups excluding carboxylic acids is 1. The fraction of sp³-hybridized carbons (Fsp3) is 0.667. The molecule has 0 aromatic carbocycles. The van der Waals surface area contributed by atoms with Crippen molar-refractivity contribution in [2.45, 2.75) is 64.2 Å². The minimum absolute atomic E-state index is 0.0832. The van der Waals surface area contributed by atoms with Crippen LogP contribution in [0, 0.1) is 12.8 Å². The van der Waals surface area contributed by atoms with Crippen molar-refractivity contribution in [3.8, 4) is 0 Å². The maximum absolute atomic E-state index is 12.1. The highest BCUT2D eigenvalue weighted by molar-refractivity contribution is 8.17. The maximum atomic E-state index is 12.1. The number of aliphatic imine (C=N–C) groups is 4. The first-order valence-electron chi connectivity index (χ1n) is 12.1. The summed E-state index contributed by atoms with van der Waals surface area (Å²) in [6.45, 7) is 12.5. The molecule has 1 aromatic rings. The number of carbonyl (C=O) groups is 1. The zero-order valence-electron chi connectivity index (χ0n) is 21.7. The Balaban J connectivity index is 1.35. The van der Waals surface area contributed by atoms with E-state index >= 15 is 0 Å². The van der Waals surface area contributed by atoms with Gasteiger partial charge in [-0.3, -0.25) is 24.8 Å². The molecular formula is C24H32N6O2S4. The summed E-state index contributed by atoms with van der Waals surface area (Å²) in [5.74, 6) is 4.62. The number of amides is 1. The van der Waals surface area contributed by atoms with E-state index in [2.05, 4.69) is 38.0 Å². The summed E-state index contributed by atoms with van der Waals surface area (Å²) in [5, 5.41) is 7.06. The van der Waals surface area contributed by atoms with Gasteiger partial charge in [0.25, 0.3) is 5.91 Å². The second kappa shape index (κ2) is 9.50. The van der Waals surface area contributed by atoms with E-state index in [9.17, 15) is 4.79 Å². The van der Waals surface area contributed by atoms with Crippen LogP contribution in [0.25, 0.3) is 0 Å². The van der Waals surface area contributed by atoms with E-state index in [0.717, 1.165) is 32.4 Å². The predicted molar refractivity (Wildman–Crippen MR) is 157 cm³/mol. The highest BCUT2D eigenvalue weighted by atomic mass is 32.2. The van der Waals surface area contributed by atoms with Crippen LogP contribution >= 0.6 is 47.0 Å². The molecule has 0 bridgehead atoms. The number of rotatable bonds is 6. The molecule has 0 spiro atoms. The molecule has 8 nitrogen and oxygen atoms in total. The van der Waals surface area contributed by atoms with Crippen molar-refractivity contribution in [2.24, 2.45) is 25.9 Å². The number of hydrogen-bond acceptors (Lipinski definition) is 11. The van der Waals surface area contributed by atoms with Crippen LogP contribution in [0.4, 0.5) is 0 Å². The third kappa shape index (κ3) is 4.60. The minimum Gasteiger partial charge on any atom is -0.442 e. The SMILES string of the molecule is CNC(=O)c1nc([C@]2(C)CSC([C@]3(C)CSC([C@@H]4CSC([C@]5(C)CSC(C(C)C)=N5)=N4)=N3)=N2)oc1C. The number of nitrogens with one attached hydrogen (secondary N) is 1. The van der Waals surface area contributed by atoms with Crippen LogP contribution in [0.2, 0.25) is 0 Å². The van der Waals surface area contributed by atoms with Crippen LogP contribution in [0.5, 0.6) is 0 Å². The van der Waals surface area contributed by atoms with Gasteiger partial charge < -0.3 is 9.73 Å². The molecule has 0 saturated heterocycles. The Morgan fingerprint density at radius 3 is 2.36 bits per heavy atom. The number of aryl methyl sites for hydroxylation is 1. The third-order valence-corrected chi connectivity index (χ3v) is 12.3. The van der Waals surface area contributed by atoms with Crippen molar-refractivity contribution >= 4 is 73.1 Å². The van der Waals surface area contributed by atoms with Gasteiger partial charge in [-0.1, -0.05) is 13.8 Å². The lowest BCUT2D eigenvalue weighted by Gasteiger charge is -2.19. The molecule has 12 heteroatoms. The highest BCUT2D eigenvalue weighted by Gasteiger charge is 2.47. The van der Waals surface area contributed by atoms with Crippen molar-refractivity contribution in [1.29, 1.82) is 0 Å². The van der Waals surface area contributed by atoms with Gasteiger partial charge in [0, 0.05) is 36.0 Å². The Labute approximate surface area is 229 Å². The molecule has 5 heterocycles. The third-order valence-electron chi connectivity index (χ3n) is 6.61. The van der Waals surface area contributed by atoms with E-state index in [4.69, 9.17) is 24.4 Å². The van der Waals surface area contributed by atoms with Gasteiger partial charge in [-0.2, -0.15) is 0 Å². The van der Waals surface area contributed by atoms with Crippen LogP contribution in [-0.4, -0.2) is 78.2 Å². The van der Waals surface area contributed by atoms with E-state index in [0.29, 0.717) is 29.0 Å². The topological polar surface area (TPSA) is 105 Å². The number of thioether (sulfide) groups is 4. The fourth-order valence-corrected chi connectivity index (χ4v) is 9.59. The smallest absolute Gasteiger partial charge is 0.273 e. The first-order chi connectivity index (χ1) is 17.0. The number of oxazole rings is 1. The summed E-state index contributed by atoms with van der Waals surface area (Å²) in [7, 11) is 1.59. The summed E-state index contributed by atoms with van der Waals surface area (Å²) in [6, 6.07) is 0.0832. The number of nitrogens with zero attached hydrogens (tertiary/aromatic N) is 5. The molecule has 1 N–H and O–H groups in total. The van der Waals surface area contributed by atoms with Gasteiger partial charge in [0.2, 0.25) is 5.89 Å². The van der Waals surface area contributed by atoms with Crippen molar-refractivity contribution in [2.75, 3.05) is 30.1 Å². The molecule has 0 aliphatic carbocycles. The van der Waals surface area contributed by atoms with Gasteiger partial charge in [0.05, 0.1) is 20.2 Å². The largest absolute Gasteiger partial charge is 0.442 e. The first-order valence-corrected chi connectivity index (χ1v) is 16.0. The highest BCUT2D eigenvalue weighted by Crippen LogP contribution is 2.45. The van der Waals surface area contributed by atoms with Crippen molar-refractivity contribution in [1.82, 2.24) is 10.3 Å². The molecule has 36 heavy (non-hydrogen) atoms. The van der Waals surface area contributed by atoms with Gasteiger partial charge in [-0.05, 0) is 27.7 Å². The summed E-state index contributed by atoms with van der Waals surface area (Å²) >= 11 is 7.19. The minimum atomic E-state index is -0.627. The standard InChI is InChI=1S/C24H32N6O2S4/c1-12(2)17-28-23(5,10-34-17)20-26-14(8-33-20)18-29-24(6,11-35-18)21-30-22(4,9-36-21)19-27-15(13(3)32-19)16(31)25-7/h12,14H,8-11H2,1-7H3,(H,25,31)/t14-,22-,23-,24-/m0/s1. The molecule has 4 atom stereocenters. The Hall–Kier alpha value is -1.24. The van der Waals surface area contributed by atoms with Crippen LogP contribution < -0.4 is 5.32 Å². The van der Waals surface area contributed by atoms with Crippen LogP contribution in [-0.2, 0) is 5.54 Å². The Bertz CT molecular complexity index is 1220. The molecule has 0 unspecified atom stereocenters. The molecular weight excluding hydrogens is 533 g/mol. The van der Waals surface area contributed by atoms with Crippen molar-refractivity contribution < 1.29 is 9.21 Å². The zero-order valence-corrected chi connectivity index (χ0v) is 24.9. The van der Waals surface area contributed by atoms with Crippen molar-refractivity contribution in [3.05, 3.63) is 17.3 Å². The second-order valence-electron chi connectivity index (χ2n) is 10.4. The maximum Gasteiger partial charge on any atom is 0.273 e. The van der Waals surface area contributed by atoms with Gasteiger partial charge in [-0.25, -0.2) is 4.98 Å². The molecule has 1 amide bonds. The molecule has 0 fully saturated rings. The molecule has 5 rings (SSSR count). The fourth-order valence-electron chi connectivity index (χ4n) is 4.36. The monoisotopic (exact) mass is 564 g/mol. The Morgan fingerprint density at radius 2 is 1.67 bits per heavy atom. The van der Waals surface area contributed by atoms with E-state index < -0.39 is 11.1 Å². The second-order valence-corrected chi connectivity index (χ2v) is 14.4. The van der Waals surface area contributed by atoms with Crippen LogP contribution in [0.1, 0.15) is 56.8 Å². The van der Waals surface area contributed by atoms with Gasteiger partial charge >= 0.3 is 0 Å². The zero-order chi connectivity index (χ0) is 25.9. The normalized spacial score (nSPS) is 34.2. The number of aromatic nitrogens is 1. The van der Waals surface area contributed by atoms with Crippen molar-refractivity contribution in [3.63, 3.8) is 0 Å². The average molecular weight is 565 g/mol. The lowest BCUT2D eigenvalue weighted by molar-refractivity contribution is 0.0957. The molecule has 0 saturated carbocycles. The van der Waals surface area contributed by atoms with E-state index in [-0.39, 0.29) is 17.5 Å². The van der Waals surface area contributed by atoms with Gasteiger partial charge in [0.1, 0.15) is 28.4 Å². The summed E-state index contributed by atoms with van der Waals surface area (Å²) < 4.78 is 5.90. The van der Waals surface area contributed by atoms with E-state index in [1.165, 1.54) is 5.04 Å². The first kappa shape index (κ1) is 26.4. The molecule has 4 aliphatic heterocycles. The summed E-state index contributed by atoms with van der Waals surface area (Å²) in [6.07, 6.45) is 0.